The lowest BCUT2D eigenvalue weighted by Gasteiger charge is -2.37. The van der Waals surface area contributed by atoms with Crippen LogP contribution in [0.5, 0.6) is 5.88 Å². The number of likely N-dealkylation sites (N-methyl/N-ethyl adjacent to an activating group) is 1. The van der Waals surface area contributed by atoms with Gasteiger partial charge in [0.25, 0.3) is 11.8 Å². The molecule has 4 rings (SSSR count). The van der Waals surface area contributed by atoms with E-state index >= 15 is 0 Å². The number of aromatic nitrogens is 2. The number of aliphatic hydroxyl groups excluding tert-OH is 1. The summed E-state index contributed by atoms with van der Waals surface area (Å²) in [6.45, 7) is 4.41. The largest absolute Gasteiger partial charge is 0.472 e. The van der Waals surface area contributed by atoms with E-state index in [4.69, 9.17) is 4.74 Å². The Hall–Kier alpha value is -3.26. The van der Waals surface area contributed by atoms with Gasteiger partial charge in [-0.3, -0.25) is 14.6 Å². The molecule has 0 bridgehead atoms. The Labute approximate surface area is 206 Å². The molecule has 0 saturated heterocycles. The summed E-state index contributed by atoms with van der Waals surface area (Å²) in [5.74, 6) is -0.156. The molecule has 0 aromatic carbocycles. The van der Waals surface area contributed by atoms with Crippen LogP contribution >= 0.6 is 0 Å². The molecule has 2 aromatic rings. The Bertz CT molecular complexity index is 1090. The molecule has 0 fully saturated rings. The van der Waals surface area contributed by atoms with E-state index in [2.05, 4.69) is 16.0 Å². The van der Waals surface area contributed by atoms with Gasteiger partial charge < -0.3 is 19.6 Å². The van der Waals surface area contributed by atoms with Crippen molar-refractivity contribution in [1.82, 2.24) is 19.8 Å². The van der Waals surface area contributed by atoms with Crippen LogP contribution < -0.4 is 4.74 Å². The third-order valence-corrected chi connectivity index (χ3v) is 6.91. The second kappa shape index (κ2) is 11.0. The van der Waals surface area contributed by atoms with Gasteiger partial charge in [-0.05, 0) is 61.9 Å². The van der Waals surface area contributed by atoms with Gasteiger partial charge in [0.1, 0.15) is 11.7 Å². The number of ether oxygens (including phenoxy) is 1. The molecule has 35 heavy (non-hydrogen) atoms. The lowest BCUT2D eigenvalue weighted by Crippen LogP contribution is -2.50. The van der Waals surface area contributed by atoms with Crippen molar-refractivity contribution in [2.24, 2.45) is 5.92 Å². The molecule has 186 valence electrons. The third kappa shape index (κ3) is 5.53. The molecule has 3 heterocycles. The van der Waals surface area contributed by atoms with Crippen molar-refractivity contribution in [3.63, 3.8) is 0 Å². The number of aliphatic hydroxyl groups is 1. The molecule has 8 heteroatoms. The van der Waals surface area contributed by atoms with Crippen LogP contribution in [0.15, 0.2) is 42.9 Å². The second-order valence-electron chi connectivity index (χ2n) is 9.60. The van der Waals surface area contributed by atoms with E-state index in [9.17, 15) is 14.7 Å². The first-order valence-corrected chi connectivity index (χ1v) is 12.3. The van der Waals surface area contributed by atoms with Crippen molar-refractivity contribution in [2.75, 3.05) is 26.7 Å². The average Bonchev–Trinajstić information content (AvgIpc) is 2.90. The van der Waals surface area contributed by atoms with Crippen molar-refractivity contribution < 1.29 is 19.4 Å². The molecule has 0 saturated carbocycles. The fourth-order valence-electron chi connectivity index (χ4n) is 4.66. The highest BCUT2D eigenvalue weighted by Crippen LogP contribution is 2.32. The van der Waals surface area contributed by atoms with Crippen molar-refractivity contribution in [1.29, 1.82) is 0 Å². The van der Waals surface area contributed by atoms with Gasteiger partial charge in [-0.25, -0.2) is 4.98 Å². The number of nitrogens with zero attached hydrogens (tertiary/aromatic N) is 4. The summed E-state index contributed by atoms with van der Waals surface area (Å²) in [5, 5.41) is 9.86. The Morgan fingerprint density at radius 3 is 2.77 bits per heavy atom. The Morgan fingerprint density at radius 1 is 1.31 bits per heavy atom. The van der Waals surface area contributed by atoms with Gasteiger partial charge in [0.2, 0.25) is 5.88 Å². The van der Waals surface area contributed by atoms with Crippen LogP contribution in [-0.4, -0.2) is 75.6 Å². The van der Waals surface area contributed by atoms with E-state index in [-0.39, 0.29) is 36.3 Å². The number of amides is 2. The number of hydrogen-bond acceptors (Lipinski definition) is 6. The molecular formula is C27H34N4O4. The molecule has 8 nitrogen and oxygen atoms in total. The van der Waals surface area contributed by atoms with Crippen LogP contribution in [0.3, 0.4) is 0 Å². The smallest absolute Gasteiger partial charge is 0.259 e. The Balaban J connectivity index is 1.66. The molecule has 0 spiro atoms. The summed E-state index contributed by atoms with van der Waals surface area (Å²) >= 11 is 0. The Kier molecular flexibility index (Phi) is 7.80. The van der Waals surface area contributed by atoms with Crippen molar-refractivity contribution >= 4 is 17.4 Å². The molecule has 1 N–H and O–H groups in total. The van der Waals surface area contributed by atoms with E-state index in [1.54, 1.807) is 47.6 Å². The molecule has 2 aliphatic rings. The average molecular weight is 479 g/mol. The molecule has 2 amide bonds. The molecule has 1 aliphatic heterocycles. The molecule has 0 unspecified atom stereocenters. The summed E-state index contributed by atoms with van der Waals surface area (Å²) in [6, 6.07) is 4.88. The summed E-state index contributed by atoms with van der Waals surface area (Å²) in [6.07, 6.45) is 11.1. The minimum atomic E-state index is -0.390. The minimum Gasteiger partial charge on any atom is -0.472 e. The summed E-state index contributed by atoms with van der Waals surface area (Å²) in [4.78, 5) is 38.4. The predicted molar refractivity (Wildman–Crippen MR) is 133 cm³/mol. The fraction of sp³-hybridized carbons (Fsp3) is 0.481. The highest BCUT2D eigenvalue weighted by atomic mass is 16.5. The fourth-order valence-corrected chi connectivity index (χ4v) is 4.66. The summed E-state index contributed by atoms with van der Waals surface area (Å²) in [5.41, 5.74) is 3.09. The first-order chi connectivity index (χ1) is 16.9. The zero-order chi connectivity index (χ0) is 24.9. The minimum absolute atomic E-state index is 0.101. The zero-order valence-electron chi connectivity index (χ0n) is 20.7. The van der Waals surface area contributed by atoms with Gasteiger partial charge in [-0.1, -0.05) is 13.0 Å². The summed E-state index contributed by atoms with van der Waals surface area (Å²) in [7, 11) is 1.74. The molecule has 0 radical (unpaired) electrons. The van der Waals surface area contributed by atoms with E-state index in [0.29, 0.717) is 24.2 Å². The second-order valence-corrected chi connectivity index (χ2v) is 9.60. The predicted octanol–water partition coefficient (Wildman–Crippen LogP) is 3.43. The lowest BCUT2D eigenvalue weighted by molar-refractivity contribution is 0.0313. The van der Waals surface area contributed by atoms with Crippen LogP contribution in [-0.2, 0) is 0 Å². The van der Waals surface area contributed by atoms with Crippen LogP contribution in [0.1, 0.15) is 65.8 Å². The maximum atomic E-state index is 13.6. The SMILES string of the molecule is C[C@@H]1CN([C@@H](C)CO)C(=O)c2cc(C3=CCCCC3)cnc2O[C@@H]1CN(C)C(=O)c1ccncc1. The maximum Gasteiger partial charge on any atom is 0.259 e. The number of carbonyl (C=O) groups is 2. The first-order valence-electron chi connectivity index (χ1n) is 12.3. The topological polar surface area (TPSA) is 95.9 Å². The summed E-state index contributed by atoms with van der Waals surface area (Å²) < 4.78 is 6.33. The Morgan fingerprint density at radius 2 is 2.09 bits per heavy atom. The zero-order valence-corrected chi connectivity index (χ0v) is 20.7. The van der Waals surface area contributed by atoms with Crippen LogP contribution in [0.2, 0.25) is 0 Å². The van der Waals surface area contributed by atoms with Gasteiger partial charge >= 0.3 is 0 Å². The molecular weight excluding hydrogens is 444 g/mol. The van der Waals surface area contributed by atoms with E-state index in [0.717, 1.165) is 24.8 Å². The molecule has 2 aromatic heterocycles. The lowest BCUT2D eigenvalue weighted by atomic mass is 9.93. The number of rotatable bonds is 6. The number of hydrogen-bond donors (Lipinski definition) is 1. The first kappa shape index (κ1) is 24.9. The van der Waals surface area contributed by atoms with Gasteiger partial charge in [-0.2, -0.15) is 0 Å². The number of carbonyl (C=O) groups excluding carboxylic acids is 2. The highest BCUT2D eigenvalue weighted by molar-refractivity contribution is 5.97. The van der Waals surface area contributed by atoms with Crippen LogP contribution in [0.4, 0.5) is 0 Å². The molecule has 1 aliphatic carbocycles. The number of pyridine rings is 2. The van der Waals surface area contributed by atoms with Crippen molar-refractivity contribution in [2.45, 2.75) is 51.7 Å². The van der Waals surface area contributed by atoms with Crippen molar-refractivity contribution in [3.05, 3.63) is 59.6 Å². The monoisotopic (exact) mass is 478 g/mol. The third-order valence-electron chi connectivity index (χ3n) is 6.91. The highest BCUT2D eigenvalue weighted by Gasteiger charge is 2.35. The quantitative estimate of drug-likeness (QED) is 0.684. The van der Waals surface area contributed by atoms with E-state index in [1.807, 2.05) is 19.9 Å². The van der Waals surface area contributed by atoms with Gasteiger partial charge in [0, 0.05) is 43.7 Å². The van der Waals surface area contributed by atoms with Crippen LogP contribution in [0, 0.1) is 5.92 Å². The van der Waals surface area contributed by atoms with Gasteiger partial charge in [0.15, 0.2) is 0 Å². The number of allylic oxidation sites excluding steroid dienone is 2. The molecule has 3 atom stereocenters. The van der Waals surface area contributed by atoms with Gasteiger partial charge in [-0.15, -0.1) is 0 Å². The van der Waals surface area contributed by atoms with Crippen molar-refractivity contribution in [3.8, 4) is 5.88 Å². The van der Waals surface area contributed by atoms with Gasteiger partial charge in [0.05, 0.1) is 19.2 Å². The van der Waals surface area contributed by atoms with E-state index < -0.39 is 6.10 Å². The van der Waals surface area contributed by atoms with Crippen LogP contribution in [0.25, 0.3) is 5.57 Å². The number of fused-ring (bicyclic) bond motifs is 1. The maximum absolute atomic E-state index is 13.6. The van der Waals surface area contributed by atoms with E-state index in [1.165, 1.54) is 12.0 Å². The standard InChI is InChI=1S/C27H34N4O4/c1-18-15-31(19(2)17-32)27(34)23-13-22(20-7-5-4-6-8-20)14-29-25(23)35-24(18)16-30(3)26(33)21-9-11-28-12-10-21/h7,9-14,18-19,24,32H,4-6,8,15-17H2,1-3H3/t18-,19+,24-/m1/s1. The normalized spacial score (nSPS) is 21.2.